The van der Waals surface area contributed by atoms with Crippen molar-refractivity contribution in [3.8, 4) is 0 Å². The second kappa shape index (κ2) is 8.17. The van der Waals surface area contributed by atoms with Gasteiger partial charge in [-0.3, -0.25) is 9.59 Å². The first-order valence-corrected chi connectivity index (χ1v) is 9.11. The Balaban J connectivity index is 1.37. The van der Waals surface area contributed by atoms with Gasteiger partial charge >= 0.3 is 0 Å². The molecule has 3 rings (SSSR count). The summed E-state index contributed by atoms with van der Waals surface area (Å²) in [5.74, 6) is 1.20. The summed E-state index contributed by atoms with van der Waals surface area (Å²) in [4.78, 5) is 24.2. The van der Waals surface area contributed by atoms with Crippen LogP contribution in [0, 0.1) is 6.92 Å². The molecule has 1 aromatic carbocycles. The Bertz CT molecular complexity index is 780. The summed E-state index contributed by atoms with van der Waals surface area (Å²) in [6.45, 7) is 4.38. The predicted molar refractivity (Wildman–Crippen MR) is 97.9 cm³/mol. The molecule has 0 bridgehead atoms. The third-order valence-electron chi connectivity index (χ3n) is 4.45. The summed E-state index contributed by atoms with van der Waals surface area (Å²) in [5, 5.41) is 9.78. The predicted octanol–water partition coefficient (Wildman–Crippen LogP) is 2.73. The van der Waals surface area contributed by atoms with E-state index >= 15 is 0 Å². The van der Waals surface area contributed by atoms with Gasteiger partial charge in [0.1, 0.15) is 5.76 Å². The quantitative estimate of drug-likeness (QED) is 0.762. The summed E-state index contributed by atoms with van der Waals surface area (Å²) in [6, 6.07) is 9.32. The Kier molecular flexibility index (Phi) is 5.71. The van der Waals surface area contributed by atoms with Gasteiger partial charge in [0.05, 0.1) is 12.1 Å². The third-order valence-corrected chi connectivity index (χ3v) is 4.45. The zero-order valence-electron chi connectivity index (χ0n) is 15.2. The van der Waals surface area contributed by atoms with Crippen LogP contribution >= 0.6 is 0 Å². The number of benzene rings is 1. The topological polar surface area (TPSA) is 84.2 Å². The van der Waals surface area contributed by atoms with E-state index < -0.39 is 0 Å². The van der Waals surface area contributed by atoms with E-state index in [4.69, 9.17) is 4.52 Å². The van der Waals surface area contributed by atoms with Crippen molar-refractivity contribution in [3.63, 3.8) is 0 Å². The maximum Gasteiger partial charge on any atom is 0.251 e. The van der Waals surface area contributed by atoms with Crippen LogP contribution in [0.3, 0.4) is 0 Å². The van der Waals surface area contributed by atoms with Gasteiger partial charge in [0.2, 0.25) is 5.91 Å². The third kappa shape index (κ3) is 5.18. The van der Waals surface area contributed by atoms with Crippen LogP contribution in [0.25, 0.3) is 0 Å². The van der Waals surface area contributed by atoms with Crippen molar-refractivity contribution < 1.29 is 14.1 Å². The number of aryl methyl sites for hydroxylation is 1. The van der Waals surface area contributed by atoms with Crippen LogP contribution in [0.2, 0.25) is 0 Å². The van der Waals surface area contributed by atoms with Gasteiger partial charge < -0.3 is 15.2 Å². The standard InChI is InChI=1S/C20H25N3O3/c1-13-4-3-5-16(10-13)20(25)21-9-8-14(2)22-19(24)12-17-11-18(26-23-17)15-6-7-15/h3-5,10-11,14-15H,6-9,12H2,1-2H3,(H,21,25)(H,22,24)/t14-/m0/s1. The number of nitrogens with one attached hydrogen (secondary N) is 2. The number of nitrogens with zero attached hydrogens (tertiary/aromatic N) is 1. The van der Waals surface area contributed by atoms with E-state index in [-0.39, 0.29) is 24.3 Å². The zero-order valence-corrected chi connectivity index (χ0v) is 15.2. The molecule has 1 aromatic heterocycles. The number of hydrogen-bond donors (Lipinski definition) is 2. The number of amides is 2. The van der Waals surface area contributed by atoms with Crippen molar-refractivity contribution in [1.82, 2.24) is 15.8 Å². The summed E-state index contributed by atoms with van der Waals surface area (Å²) in [6.07, 6.45) is 3.17. The van der Waals surface area contributed by atoms with E-state index in [2.05, 4.69) is 15.8 Å². The molecule has 138 valence electrons. The molecule has 1 heterocycles. The monoisotopic (exact) mass is 355 g/mol. The molecule has 2 amide bonds. The summed E-state index contributed by atoms with van der Waals surface area (Å²) >= 11 is 0. The van der Waals surface area contributed by atoms with E-state index in [0.717, 1.165) is 24.2 Å². The van der Waals surface area contributed by atoms with Crippen LogP contribution in [0.5, 0.6) is 0 Å². The second-order valence-electron chi connectivity index (χ2n) is 7.05. The van der Waals surface area contributed by atoms with Gasteiger partial charge in [-0.15, -0.1) is 0 Å². The maximum atomic E-state index is 12.1. The largest absolute Gasteiger partial charge is 0.361 e. The minimum Gasteiger partial charge on any atom is -0.361 e. The Morgan fingerprint density at radius 3 is 2.85 bits per heavy atom. The lowest BCUT2D eigenvalue weighted by molar-refractivity contribution is -0.121. The van der Waals surface area contributed by atoms with Gasteiger partial charge in [-0.1, -0.05) is 22.9 Å². The molecular formula is C20H25N3O3. The first kappa shape index (κ1) is 18.2. The molecule has 1 fully saturated rings. The van der Waals surface area contributed by atoms with Crippen LogP contribution in [-0.2, 0) is 11.2 Å². The molecule has 26 heavy (non-hydrogen) atoms. The average Bonchev–Trinajstić information content (AvgIpc) is 3.34. The van der Waals surface area contributed by atoms with Crippen molar-refractivity contribution in [1.29, 1.82) is 0 Å². The molecule has 6 nitrogen and oxygen atoms in total. The first-order chi connectivity index (χ1) is 12.5. The molecule has 2 N–H and O–H groups in total. The lowest BCUT2D eigenvalue weighted by Gasteiger charge is -2.14. The number of aromatic nitrogens is 1. The summed E-state index contributed by atoms with van der Waals surface area (Å²) < 4.78 is 5.26. The number of rotatable bonds is 8. The Morgan fingerprint density at radius 1 is 1.31 bits per heavy atom. The van der Waals surface area contributed by atoms with Crippen LogP contribution < -0.4 is 10.6 Å². The van der Waals surface area contributed by atoms with E-state index in [1.165, 1.54) is 0 Å². The smallest absolute Gasteiger partial charge is 0.251 e. The van der Waals surface area contributed by atoms with E-state index in [1.54, 1.807) is 6.07 Å². The lowest BCUT2D eigenvalue weighted by Crippen LogP contribution is -2.36. The van der Waals surface area contributed by atoms with Crippen LogP contribution in [0.15, 0.2) is 34.9 Å². The van der Waals surface area contributed by atoms with Crippen LogP contribution in [-0.4, -0.2) is 29.6 Å². The maximum absolute atomic E-state index is 12.1. The second-order valence-corrected chi connectivity index (χ2v) is 7.05. The van der Waals surface area contributed by atoms with Crippen molar-refractivity contribution in [2.24, 2.45) is 0 Å². The molecule has 1 saturated carbocycles. The molecule has 0 saturated heterocycles. The molecule has 0 spiro atoms. The van der Waals surface area contributed by atoms with Gasteiger partial charge in [0.15, 0.2) is 0 Å². The number of hydrogen-bond acceptors (Lipinski definition) is 4. The average molecular weight is 355 g/mol. The molecule has 1 aliphatic carbocycles. The minimum atomic E-state index is -0.0950. The fourth-order valence-electron chi connectivity index (χ4n) is 2.82. The van der Waals surface area contributed by atoms with E-state index in [9.17, 15) is 9.59 Å². The molecule has 1 aliphatic rings. The summed E-state index contributed by atoms with van der Waals surface area (Å²) in [7, 11) is 0. The lowest BCUT2D eigenvalue weighted by atomic mass is 10.1. The van der Waals surface area contributed by atoms with Gasteiger partial charge in [-0.2, -0.15) is 0 Å². The van der Waals surface area contributed by atoms with Crippen molar-refractivity contribution >= 4 is 11.8 Å². The molecule has 1 atom stereocenters. The first-order valence-electron chi connectivity index (χ1n) is 9.11. The Hall–Kier alpha value is -2.63. The highest BCUT2D eigenvalue weighted by molar-refractivity contribution is 5.94. The zero-order chi connectivity index (χ0) is 18.5. The fourth-order valence-corrected chi connectivity index (χ4v) is 2.82. The van der Waals surface area contributed by atoms with E-state index in [1.807, 2.05) is 38.1 Å². The van der Waals surface area contributed by atoms with Crippen molar-refractivity contribution in [2.75, 3.05) is 6.54 Å². The Labute approximate surface area is 153 Å². The van der Waals surface area contributed by atoms with Gasteiger partial charge in [0, 0.05) is 30.1 Å². The molecule has 6 heteroatoms. The van der Waals surface area contributed by atoms with Crippen LogP contribution in [0.1, 0.15) is 59.5 Å². The Morgan fingerprint density at radius 2 is 2.12 bits per heavy atom. The fraction of sp³-hybridized carbons (Fsp3) is 0.450. The van der Waals surface area contributed by atoms with Crippen LogP contribution in [0.4, 0.5) is 0 Å². The number of carbonyl (C=O) groups is 2. The molecule has 0 unspecified atom stereocenters. The highest BCUT2D eigenvalue weighted by Gasteiger charge is 2.28. The summed E-state index contributed by atoms with van der Waals surface area (Å²) in [5.41, 5.74) is 2.37. The van der Waals surface area contributed by atoms with Crippen molar-refractivity contribution in [2.45, 2.75) is 51.5 Å². The molecule has 0 radical (unpaired) electrons. The number of carbonyl (C=O) groups excluding carboxylic acids is 2. The molecule has 2 aromatic rings. The molecule has 0 aliphatic heterocycles. The highest BCUT2D eigenvalue weighted by Crippen LogP contribution is 2.40. The van der Waals surface area contributed by atoms with Gasteiger partial charge in [-0.05, 0) is 45.2 Å². The SMILES string of the molecule is Cc1cccc(C(=O)NCC[C@H](C)NC(=O)Cc2cc(C3CC3)on2)c1. The highest BCUT2D eigenvalue weighted by atomic mass is 16.5. The van der Waals surface area contributed by atoms with Gasteiger partial charge in [0.25, 0.3) is 5.91 Å². The van der Waals surface area contributed by atoms with Crippen molar-refractivity contribution in [3.05, 3.63) is 52.9 Å². The minimum absolute atomic E-state index is 0.0323. The molecular weight excluding hydrogens is 330 g/mol. The van der Waals surface area contributed by atoms with Gasteiger partial charge in [-0.25, -0.2) is 0 Å². The normalized spacial score (nSPS) is 14.7. The van der Waals surface area contributed by atoms with E-state index in [0.29, 0.717) is 30.1 Å².